The van der Waals surface area contributed by atoms with Crippen LogP contribution >= 0.6 is 0 Å². The maximum Gasteiger partial charge on any atom is -0.0440 e. The second-order valence-electron chi connectivity index (χ2n) is 5.08. The molecule has 0 rings (SSSR count). The molecule has 0 aliphatic rings. The fraction of sp³-hybridized carbons (Fsp3) is 1.00. The van der Waals surface area contributed by atoms with E-state index in [1.165, 1.54) is 51.4 Å². The summed E-state index contributed by atoms with van der Waals surface area (Å²) >= 11 is 0. The average molecular weight is 198 g/mol. The van der Waals surface area contributed by atoms with Crippen LogP contribution in [0.4, 0.5) is 0 Å². The molecule has 0 amide bonds. The molecule has 14 heavy (non-hydrogen) atoms. The molecule has 2 atom stereocenters. The first-order valence-electron chi connectivity index (χ1n) is 6.70. The predicted octanol–water partition coefficient (Wildman–Crippen LogP) is 5.42. The Bertz CT molecular complexity index is 107. The first-order chi connectivity index (χ1) is 6.70. The maximum absolute atomic E-state index is 2.43. The van der Waals surface area contributed by atoms with Crippen LogP contribution in [0, 0.1) is 11.8 Å². The van der Waals surface area contributed by atoms with Crippen LogP contribution in [0.3, 0.4) is 0 Å². The van der Waals surface area contributed by atoms with E-state index in [0.717, 1.165) is 11.8 Å². The van der Waals surface area contributed by atoms with E-state index in [2.05, 4.69) is 27.7 Å². The molecule has 0 aliphatic heterocycles. The molecule has 0 nitrogen and oxygen atoms in total. The number of unbranched alkanes of at least 4 members (excludes halogenated alkanes) is 3. The lowest BCUT2D eigenvalue weighted by molar-refractivity contribution is 0.365. The second kappa shape index (κ2) is 9.55. The zero-order valence-electron chi connectivity index (χ0n) is 10.8. The van der Waals surface area contributed by atoms with Crippen LogP contribution in [0.15, 0.2) is 0 Å². The van der Waals surface area contributed by atoms with Crippen molar-refractivity contribution in [3.05, 3.63) is 0 Å². The van der Waals surface area contributed by atoms with Gasteiger partial charge in [-0.15, -0.1) is 0 Å². The minimum absolute atomic E-state index is 0.946. The van der Waals surface area contributed by atoms with Crippen LogP contribution in [0.1, 0.15) is 79.1 Å². The van der Waals surface area contributed by atoms with E-state index in [9.17, 15) is 0 Å². The van der Waals surface area contributed by atoms with Crippen LogP contribution < -0.4 is 0 Å². The number of hydrogen-bond acceptors (Lipinski definition) is 0. The molecule has 0 unspecified atom stereocenters. The van der Waals surface area contributed by atoms with Crippen molar-refractivity contribution in [1.82, 2.24) is 0 Å². The third-order valence-electron chi connectivity index (χ3n) is 3.14. The first-order valence-corrected chi connectivity index (χ1v) is 6.70. The molecule has 0 aromatic rings. The summed E-state index contributed by atoms with van der Waals surface area (Å²) in [4.78, 5) is 0. The Kier molecular flexibility index (Phi) is 9.55. The third-order valence-corrected chi connectivity index (χ3v) is 3.14. The molecule has 0 bridgehead atoms. The monoisotopic (exact) mass is 198 g/mol. The van der Waals surface area contributed by atoms with Gasteiger partial charge in [0.2, 0.25) is 0 Å². The van der Waals surface area contributed by atoms with E-state index in [4.69, 9.17) is 0 Å². The molecular formula is C14H30. The Balaban J connectivity index is 3.30. The summed E-state index contributed by atoms with van der Waals surface area (Å²) in [6.45, 7) is 9.42. The van der Waals surface area contributed by atoms with Crippen LogP contribution in [0.25, 0.3) is 0 Å². The summed E-state index contributed by atoms with van der Waals surface area (Å²) in [6, 6.07) is 0. The summed E-state index contributed by atoms with van der Waals surface area (Å²) in [5.74, 6) is 1.90. The van der Waals surface area contributed by atoms with E-state index in [-0.39, 0.29) is 0 Å². The molecule has 0 fully saturated rings. The van der Waals surface area contributed by atoms with Gasteiger partial charge in [0.25, 0.3) is 0 Å². The lowest BCUT2D eigenvalue weighted by Gasteiger charge is -2.16. The Morgan fingerprint density at radius 3 is 1.93 bits per heavy atom. The molecule has 0 radical (unpaired) electrons. The predicted molar refractivity (Wildman–Crippen MR) is 66.6 cm³/mol. The fourth-order valence-electron chi connectivity index (χ4n) is 2.33. The highest BCUT2D eigenvalue weighted by molar-refractivity contribution is 4.59. The largest absolute Gasteiger partial charge is 0.0654 e. The third kappa shape index (κ3) is 8.59. The molecule has 0 aliphatic carbocycles. The van der Waals surface area contributed by atoms with Gasteiger partial charge >= 0.3 is 0 Å². The van der Waals surface area contributed by atoms with Crippen molar-refractivity contribution in [2.45, 2.75) is 79.1 Å². The average Bonchev–Trinajstić information content (AvgIpc) is 2.13. The number of hydrogen-bond donors (Lipinski definition) is 0. The Labute approximate surface area is 91.5 Å². The molecular weight excluding hydrogens is 168 g/mol. The maximum atomic E-state index is 2.43. The molecule has 0 saturated carbocycles. The van der Waals surface area contributed by atoms with Gasteiger partial charge in [0.1, 0.15) is 0 Å². The molecule has 0 heteroatoms. The summed E-state index contributed by atoms with van der Waals surface area (Å²) in [5.41, 5.74) is 0. The summed E-state index contributed by atoms with van der Waals surface area (Å²) in [5, 5.41) is 0. The van der Waals surface area contributed by atoms with Crippen molar-refractivity contribution in [1.29, 1.82) is 0 Å². The van der Waals surface area contributed by atoms with Crippen molar-refractivity contribution < 1.29 is 0 Å². The van der Waals surface area contributed by atoms with Gasteiger partial charge in [-0.1, -0.05) is 72.6 Å². The molecule has 0 aromatic heterocycles. The van der Waals surface area contributed by atoms with Crippen LogP contribution in [-0.4, -0.2) is 0 Å². The highest BCUT2D eigenvalue weighted by atomic mass is 14.1. The van der Waals surface area contributed by atoms with Crippen molar-refractivity contribution in [2.24, 2.45) is 11.8 Å². The Morgan fingerprint density at radius 1 is 0.714 bits per heavy atom. The highest BCUT2D eigenvalue weighted by Gasteiger charge is 2.07. The topological polar surface area (TPSA) is 0 Å². The van der Waals surface area contributed by atoms with Crippen LogP contribution in [0.2, 0.25) is 0 Å². The van der Waals surface area contributed by atoms with Crippen LogP contribution in [-0.2, 0) is 0 Å². The molecule has 86 valence electrons. The summed E-state index contributed by atoms with van der Waals surface area (Å²) < 4.78 is 0. The zero-order chi connectivity index (χ0) is 10.8. The standard InChI is InChI=1S/C14H30/c1-5-7-8-9-11-14(4)12-13(3)10-6-2/h13-14H,5-12H2,1-4H3/t13-,14+/m0/s1. The van der Waals surface area contributed by atoms with E-state index < -0.39 is 0 Å². The van der Waals surface area contributed by atoms with E-state index in [1.807, 2.05) is 0 Å². The van der Waals surface area contributed by atoms with Gasteiger partial charge in [-0.3, -0.25) is 0 Å². The van der Waals surface area contributed by atoms with Crippen molar-refractivity contribution >= 4 is 0 Å². The minimum Gasteiger partial charge on any atom is -0.0654 e. The van der Waals surface area contributed by atoms with Crippen molar-refractivity contribution in [2.75, 3.05) is 0 Å². The smallest absolute Gasteiger partial charge is 0.0440 e. The summed E-state index contributed by atoms with van der Waals surface area (Å²) in [7, 11) is 0. The van der Waals surface area contributed by atoms with Gasteiger partial charge in [0, 0.05) is 0 Å². The molecule has 0 N–H and O–H groups in total. The number of rotatable bonds is 9. The van der Waals surface area contributed by atoms with E-state index in [1.54, 1.807) is 0 Å². The van der Waals surface area contributed by atoms with Crippen molar-refractivity contribution in [3.63, 3.8) is 0 Å². The van der Waals surface area contributed by atoms with Gasteiger partial charge in [-0.2, -0.15) is 0 Å². The molecule has 0 heterocycles. The van der Waals surface area contributed by atoms with E-state index in [0.29, 0.717) is 0 Å². The van der Waals surface area contributed by atoms with Gasteiger partial charge < -0.3 is 0 Å². The Morgan fingerprint density at radius 2 is 1.36 bits per heavy atom. The SMILES string of the molecule is CCCCCC[C@@H](C)C[C@@H](C)CCC. The van der Waals surface area contributed by atoms with Gasteiger partial charge in [-0.05, 0) is 18.3 Å². The normalized spacial score (nSPS) is 15.4. The van der Waals surface area contributed by atoms with E-state index >= 15 is 0 Å². The van der Waals surface area contributed by atoms with Gasteiger partial charge in [0.15, 0.2) is 0 Å². The van der Waals surface area contributed by atoms with Gasteiger partial charge in [0.05, 0.1) is 0 Å². The molecule has 0 saturated heterocycles. The molecule has 0 spiro atoms. The quantitative estimate of drug-likeness (QED) is 0.434. The van der Waals surface area contributed by atoms with Gasteiger partial charge in [-0.25, -0.2) is 0 Å². The first kappa shape index (κ1) is 14.0. The lowest BCUT2D eigenvalue weighted by atomic mass is 9.90. The minimum atomic E-state index is 0.946. The molecule has 0 aromatic carbocycles. The van der Waals surface area contributed by atoms with Crippen LogP contribution in [0.5, 0.6) is 0 Å². The lowest BCUT2D eigenvalue weighted by Crippen LogP contribution is -2.03. The summed E-state index contributed by atoms with van der Waals surface area (Å²) in [6.07, 6.45) is 11.4. The second-order valence-corrected chi connectivity index (χ2v) is 5.08. The zero-order valence-corrected chi connectivity index (χ0v) is 10.8. The van der Waals surface area contributed by atoms with Crippen molar-refractivity contribution in [3.8, 4) is 0 Å². The highest BCUT2D eigenvalue weighted by Crippen LogP contribution is 2.21. The fourth-order valence-corrected chi connectivity index (χ4v) is 2.33. The Hall–Kier alpha value is 0.